The van der Waals surface area contributed by atoms with Crippen molar-refractivity contribution in [2.24, 2.45) is 0 Å². The Labute approximate surface area is 181 Å². The molecule has 0 bridgehead atoms. The lowest BCUT2D eigenvalue weighted by Gasteiger charge is -2.08. The maximum atomic E-state index is 12.8. The van der Waals surface area contributed by atoms with Crippen molar-refractivity contribution in [3.63, 3.8) is 0 Å². The molecular formula is C22H18ClN3O3S. The van der Waals surface area contributed by atoms with Gasteiger partial charge < -0.3 is 10.1 Å². The van der Waals surface area contributed by atoms with Gasteiger partial charge in [-0.15, -0.1) is 11.3 Å². The summed E-state index contributed by atoms with van der Waals surface area (Å²) in [5, 5.41) is 5.35. The van der Waals surface area contributed by atoms with Crippen molar-refractivity contribution in [2.75, 3.05) is 7.11 Å². The number of methoxy groups -OCH3 is 1. The van der Waals surface area contributed by atoms with Crippen LogP contribution in [0.15, 0.2) is 65.0 Å². The summed E-state index contributed by atoms with van der Waals surface area (Å²) in [7, 11) is 1.62. The first-order valence-electron chi connectivity index (χ1n) is 9.17. The van der Waals surface area contributed by atoms with Crippen molar-refractivity contribution < 1.29 is 9.53 Å². The predicted octanol–water partition coefficient (Wildman–Crippen LogP) is 4.10. The first-order valence-corrected chi connectivity index (χ1v) is 10.4. The van der Waals surface area contributed by atoms with Crippen molar-refractivity contribution in [3.05, 3.63) is 81.2 Å². The van der Waals surface area contributed by atoms with Crippen LogP contribution in [0.2, 0.25) is 5.02 Å². The molecule has 0 aliphatic rings. The molecule has 30 heavy (non-hydrogen) atoms. The highest BCUT2D eigenvalue weighted by molar-refractivity contribution is 7.17. The molecular weight excluding hydrogens is 422 g/mol. The average molecular weight is 440 g/mol. The smallest absolute Gasteiger partial charge is 0.271 e. The molecule has 1 amide bonds. The van der Waals surface area contributed by atoms with Crippen LogP contribution in [0.3, 0.4) is 0 Å². The standard InChI is InChI=1S/C22H18ClN3O3S/c1-29-17-8-4-15(5-9-17)18-12-30-21-20(18)25-13-26(22(21)28)11-19(27)24-10-14-2-6-16(23)7-3-14/h2-9,12-13H,10-11H2,1H3,(H,24,27). The lowest BCUT2D eigenvalue weighted by Crippen LogP contribution is -2.31. The van der Waals surface area contributed by atoms with E-state index >= 15 is 0 Å². The molecule has 0 radical (unpaired) electrons. The number of hydrogen-bond acceptors (Lipinski definition) is 5. The SMILES string of the molecule is COc1ccc(-c2csc3c(=O)n(CC(=O)NCc4ccc(Cl)cc4)cnc23)cc1. The second-order valence-electron chi connectivity index (χ2n) is 6.64. The number of ether oxygens (including phenoxy) is 1. The minimum Gasteiger partial charge on any atom is -0.497 e. The molecule has 0 saturated carbocycles. The van der Waals surface area contributed by atoms with Crippen molar-refractivity contribution in [3.8, 4) is 16.9 Å². The molecule has 0 aliphatic heterocycles. The van der Waals surface area contributed by atoms with Crippen LogP contribution in [0.1, 0.15) is 5.56 Å². The van der Waals surface area contributed by atoms with E-state index in [2.05, 4.69) is 10.3 Å². The van der Waals surface area contributed by atoms with Crippen LogP contribution in [-0.4, -0.2) is 22.6 Å². The third-order valence-electron chi connectivity index (χ3n) is 4.66. The van der Waals surface area contributed by atoms with Gasteiger partial charge in [-0.2, -0.15) is 0 Å². The molecule has 1 N–H and O–H groups in total. The molecule has 0 atom stereocenters. The van der Waals surface area contributed by atoms with Crippen molar-refractivity contribution >= 4 is 39.1 Å². The van der Waals surface area contributed by atoms with Crippen LogP contribution in [0, 0.1) is 0 Å². The van der Waals surface area contributed by atoms with Crippen molar-refractivity contribution in [1.82, 2.24) is 14.9 Å². The van der Waals surface area contributed by atoms with E-state index in [4.69, 9.17) is 16.3 Å². The van der Waals surface area contributed by atoms with E-state index < -0.39 is 0 Å². The number of benzene rings is 2. The summed E-state index contributed by atoms with van der Waals surface area (Å²) in [6, 6.07) is 14.8. The number of fused-ring (bicyclic) bond motifs is 1. The lowest BCUT2D eigenvalue weighted by molar-refractivity contribution is -0.121. The summed E-state index contributed by atoms with van der Waals surface area (Å²) in [4.78, 5) is 29.6. The number of nitrogens with zero attached hydrogens (tertiary/aromatic N) is 2. The van der Waals surface area contributed by atoms with E-state index in [0.29, 0.717) is 21.8 Å². The number of carbonyl (C=O) groups is 1. The Morgan fingerprint density at radius 2 is 1.90 bits per heavy atom. The largest absolute Gasteiger partial charge is 0.497 e. The second kappa shape index (κ2) is 8.69. The van der Waals surface area contributed by atoms with Crippen LogP contribution < -0.4 is 15.6 Å². The van der Waals surface area contributed by atoms with E-state index in [0.717, 1.165) is 22.4 Å². The third-order valence-corrected chi connectivity index (χ3v) is 5.87. The molecule has 2 heterocycles. The summed E-state index contributed by atoms with van der Waals surface area (Å²) in [5.74, 6) is 0.498. The fraction of sp³-hybridized carbons (Fsp3) is 0.136. The van der Waals surface area contributed by atoms with Crippen LogP contribution in [0.25, 0.3) is 21.3 Å². The summed E-state index contributed by atoms with van der Waals surface area (Å²) in [6.45, 7) is 0.270. The van der Waals surface area contributed by atoms with Gasteiger partial charge in [-0.25, -0.2) is 4.98 Å². The number of halogens is 1. The topological polar surface area (TPSA) is 73.2 Å². The van der Waals surface area contributed by atoms with Crippen molar-refractivity contribution in [1.29, 1.82) is 0 Å². The van der Waals surface area contributed by atoms with Gasteiger partial charge in [-0.1, -0.05) is 35.9 Å². The third kappa shape index (κ3) is 4.22. The quantitative estimate of drug-likeness (QED) is 0.490. The Bertz CT molecular complexity index is 1250. The molecule has 0 fully saturated rings. The summed E-state index contributed by atoms with van der Waals surface area (Å²) in [6.07, 6.45) is 1.42. The molecule has 6 nitrogen and oxygen atoms in total. The van der Waals surface area contributed by atoms with Crippen LogP contribution >= 0.6 is 22.9 Å². The van der Waals surface area contributed by atoms with E-state index in [-0.39, 0.29) is 18.0 Å². The van der Waals surface area contributed by atoms with E-state index in [1.54, 1.807) is 19.2 Å². The Morgan fingerprint density at radius 1 is 1.17 bits per heavy atom. The van der Waals surface area contributed by atoms with Gasteiger partial charge in [0.15, 0.2) is 0 Å². The minimum atomic E-state index is -0.264. The van der Waals surface area contributed by atoms with Gasteiger partial charge in [-0.3, -0.25) is 14.2 Å². The monoisotopic (exact) mass is 439 g/mol. The minimum absolute atomic E-state index is 0.0921. The maximum absolute atomic E-state index is 12.8. The number of hydrogen-bond donors (Lipinski definition) is 1. The highest BCUT2D eigenvalue weighted by Gasteiger charge is 2.14. The van der Waals surface area contributed by atoms with E-state index in [1.807, 2.05) is 41.8 Å². The Hall–Kier alpha value is -3.16. The van der Waals surface area contributed by atoms with Crippen LogP contribution in [0.5, 0.6) is 5.75 Å². The summed E-state index contributed by atoms with van der Waals surface area (Å²) >= 11 is 7.19. The number of amides is 1. The van der Waals surface area contributed by atoms with Gasteiger partial charge in [0.1, 0.15) is 17.0 Å². The highest BCUT2D eigenvalue weighted by atomic mass is 35.5. The molecule has 2 aromatic heterocycles. The zero-order valence-corrected chi connectivity index (χ0v) is 17.7. The highest BCUT2D eigenvalue weighted by Crippen LogP contribution is 2.31. The van der Waals surface area contributed by atoms with Crippen LogP contribution in [0.4, 0.5) is 0 Å². The first-order chi connectivity index (χ1) is 14.5. The van der Waals surface area contributed by atoms with E-state index in [9.17, 15) is 9.59 Å². The van der Waals surface area contributed by atoms with Gasteiger partial charge in [0, 0.05) is 22.5 Å². The number of nitrogens with one attached hydrogen (secondary N) is 1. The zero-order chi connectivity index (χ0) is 21.1. The number of carbonyl (C=O) groups excluding carboxylic acids is 1. The van der Waals surface area contributed by atoms with Gasteiger partial charge in [0.25, 0.3) is 5.56 Å². The maximum Gasteiger partial charge on any atom is 0.271 e. The molecule has 0 saturated heterocycles. The molecule has 4 rings (SSSR count). The number of thiophene rings is 1. The molecule has 4 aromatic rings. The Morgan fingerprint density at radius 3 is 2.60 bits per heavy atom. The number of aromatic nitrogens is 2. The summed E-state index contributed by atoms with van der Waals surface area (Å²) in [5.41, 5.74) is 3.16. The fourth-order valence-corrected chi connectivity index (χ4v) is 4.15. The van der Waals surface area contributed by atoms with Gasteiger partial charge >= 0.3 is 0 Å². The Kier molecular flexibility index (Phi) is 5.83. The van der Waals surface area contributed by atoms with E-state index in [1.165, 1.54) is 22.2 Å². The molecule has 2 aromatic carbocycles. The molecule has 0 unspecified atom stereocenters. The lowest BCUT2D eigenvalue weighted by atomic mass is 10.1. The van der Waals surface area contributed by atoms with Crippen molar-refractivity contribution in [2.45, 2.75) is 13.1 Å². The molecule has 8 heteroatoms. The average Bonchev–Trinajstić information content (AvgIpc) is 3.20. The Balaban J connectivity index is 1.51. The number of rotatable bonds is 6. The first kappa shape index (κ1) is 20.1. The summed E-state index contributed by atoms with van der Waals surface area (Å²) < 4.78 is 7.04. The zero-order valence-electron chi connectivity index (χ0n) is 16.1. The molecule has 152 valence electrons. The fourth-order valence-electron chi connectivity index (χ4n) is 3.04. The predicted molar refractivity (Wildman–Crippen MR) is 119 cm³/mol. The van der Waals surface area contributed by atoms with Gasteiger partial charge in [-0.05, 0) is 35.4 Å². The van der Waals surface area contributed by atoms with Crippen LogP contribution in [-0.2, 0) is 17.9 Å². The van der Waals surface area contributed by atoms with Gasteiger partial charge in [0.05, 0.1) is 19.0 Å². The second-order valence-corrected chi connectivity index (χ2v) is 7.95. The molecule has 0 spiro atoms. The van der Waals surface area contributed by atoms with Gasteiger partial charge in [0.2, 0.25) is 5.91 Å². The molecule has 0 aliphatic carbocycles. The normalized spacial score (nSPS) is 10.9.